The smallest absolute Gasteiger partial charge is 0.271 e. The van der Waals surface area contributed by atoms with E-state index in [2.05, 4.69) is 10.3 Å². The number of ether oxygens (including phenoxy) is 1. The molecule has 4 rings (SSSR count). The maximum absolute atomic E-state index is 13.0. The lowest BCUT2D eigenvalue weighted by atomic mass is 10.2. The summed E-state index contributed by atoms with van der Waals surface area (Å²) >= 11 is 0. The van der Waals surface area contributed by atoms with Gasteiger partial charge in [-0.05, 0) is 31.2 Å². The Hall–Kier alpha value is -3.35. The Balaban J connectivity index is 1.51. The van der Waals surface area contributed by atoms with Gasteiger partial charge in [0, 0.05) is 50.3 Å². The van der Waals surface area contributed by atoms with E-state index in [0.717, 1.165) is 5.52 Å². The van der Waals surface area contributed by atoms with Crippen LogP contribution < -0.4 is 5.32 Å². The fraction of sp³-hybridized carbons (Fsp3) is 0.364. The number of sulfonamides is 1. The summed E-state index contributed by atoms with van der Waals surface area (Å²) in [6.07, 6.45) is 0.444. The molecule has 0 spiro atoms. The van der Waals surface area contributed by atoms with E-state index in [9.17, 15) is 23.3 Å². The third kappa shape index (κ3) is 4.93. The number of aryl methyl sites for hydroxylation is 2. The highest BCUT2D eigenvalue weighted by atomic mass is 32.2. The molecule has 1 aliphatic heterocycles. The molecule has 180 valence electrons. The van der Waals surface area contributed by atoms with Gasteiger partial charge in [-0.3, -0.25) is 14.9 Å². The first-order valence-corrected chi connectivity index (χ1v) is 12.3. The third-order valence-electron chi connectivity index (χ3n) is 5.64. The van der Waals surface area contributed by atoms with Crippen LogP contribution in [0.2, 0.25) is 0 Å². The summed E-state index contributed by atoms with van der Waals surface area (Å²) in [5, 5.41) is 13.6. The predicted molar refractivity (Wildman–Crippen MR) is 125 cm³/mol. The molecule has 0 radical (unpaired) electrons. The van der Waals surface area contributed by atoms with Crippen molar-refractivity contribution in [1.82, 2.24) is 13.9 Å². The lowest BCUT2D eigenvalue weighted by Gasteiger charge is -2.26. The van der Waals surface area contributed by atoms with Gasteiger partial charge in [-0.25, -0.2) is 13.4 Å². The number of aromatic nitrogens is 2. The summed E-state index contributed by atoms with van der Waals surface area (Å²) in [7, 11) is -3.64. The normalized spacial score (nSPS) is 14.9. The van der Waals surface area contributed by atoms with Crippen LogP contribution in [0, 0.1) is 10.1 Å². The molecule has 11 nitrogen and oxygen atoms in total. The van der Waals surface area contributed by atoms with Crippen molar-refractivity contribution in [2.45, 2.75) is 31.2 Å². The summed E-state index contributed by atoms with van der Waals surface area (Å²) in [6, 6.07) is 10.6. The molecule has 0 bridgehead atoms. The summed E-state index contributed by atoms with van der Waals surface area (Å²) in [6.45, 7) is 3.92. The molecule has 1 saturated heterocycles. The highest BCUT2D eigenvalue weighted by Gasteiger charge is 2.27. The van der Waals surface area contributed by atoms with Crippen molar-refractivity contribution in [2.24, 2.45) is 0 Å². The molecule has 2 heterocycles. The molecule has 1 aliphatic rings. The summed E-state index contributed by atoms with van der Waals surface area (Å²) < 4.78 is 34.6. The summed E-state index contributed by atoms with van der Waals surface area (Å²) in [5.74, 6) is 0.360. The second kappa shape index (κ2) is 9.87. The van der Waals surface area contributed by atoms with E-state index >= 15 is 0 Å². The average Bonchev–Trinajstić information content (AvgIpc) is 3.20. The van der Waals surface area contributed by atoms with Crippen molar-refractivity contribution in [3.63, 3.8) is 0 Å². The van der Waals surface area contributed by atoms with Crippen LogP contribution in [-0.2, 0) is 32.5 Å². The minimum atomic E-state index is -3.64. The van der Waals surface area contributed by atoms with Gasteiger partial charge in [0.25, 0.3) is 5.69 Å². The Morgan fingerprint density at radius 2 is 1.97 bits per heavy atom. The average molecular weight is 488 g/mol. The van der Waals surface area contributed by atoms with Crippen LogP contribution >= 0.6 is 0 Å². The number of anilines is 1. The minimum absolute atomic E-state index is 0.103. The Bertz CT molecular complexity index is 1330. The molecular weight excluding hydrogens is 462 g/mol. The fourth-order valence-electron chi connectivity index (χ4n) is 3.95. The van der Waals surface area contributed by atoms with Crippen LogP contribution in [0.4, 0.5) is 11.4 Å². The van der Waals surface area contributed by atoms with E-state index in [-0.39, 0.29) is 22.9 Å². The molecule has 0 unspecified atom stereocenters. The molecule has 1 N–H and O–H groups in total. The number of hydrogen-bond acceptors (Lipinski definition) is 7. The van der Waals surface area contributed by atoms with Crippen molar-refractivity contribution in [3.05, 3.63) is 58.4 Å². The molecule has 2 aromatic carbocycles. The monoisotopic (exact) mass is 487 g/mol. The van der Waals surface area contributed by atoms with Crippen molar-refractivity contribution in [1.29, 1.82) is 0 Å². The molecular formula is C22H25N5O6S. The maximum Gasteiger partial charge on any atom is 0.271 e. The first kappa shape index (κ1) is 23.8. The quantitative estimate of drug-likeness (QED) is 0.381. The van der Waals surface area contributed by atoms with Gasteiger partial charge in [-0.15, -0.1) is 0 Å². The Morgan fingerprint density at radius 1 is 1.21 bits per heavy atom. The number of nitrogens with zero attached hydrogens (tertiary/aromatic N) is 4. The maximum atomic E-state index is 13.0. The zero-order chi connectivity index (χ0) is 24.3. The lowest BCUT2D eigenvalue weighted by molar-refractivity contribution is -0.384. The van der Waals surface area contributed by atoms with Crippen molar-refractivity contribution >= 4 is 38.3 Å². The molecule has 0 aliphatic carbocycles. The van der Waals surface area contributed by atoms with E-state index in [4.69, 9.17) is 4.74 Å². The second-order valence-corrected chi connectivity index (χ2v) is 9.73. The Morgan fingerprint density at radius 3 is 2.68 bits per heavy atom. The summed E-state index contributed by atoms with van der Waals surface area (Å²) in [4.78, 5) is 27.6. The number of nitrogens with one attached hydrogen (secondary N) is 1. The van der Waals surface area contributed by atoms with Crippen LogP contribution in [0.1, 0.15) is 19.2 Å². The highest BCUT2D eigenvalue weighted by Crippen LogP contribution is 2.24. The van der Waals surface area contributed by atoms with E-state index < -0.39 is 14.9 Å². The number of non-ortho nitro benzene ring substituents is 1. The largest absolute Gasteiger partial charge is 0.379 e. The van der Waals surface area contributed by atoms with E-state index in [1.54, 1.807) is 24.3 Å². The number of amides is 1. The number of fused-ring (bicyclic) bond motifs is 1. The van der Waals surface area contributed by atoms with Gasteiger partial charge in [0.2, 0.25) is 15.9 Å². The van der Waals surface area contributed by atoms with E-state index in [0.29, 0.717) is 56.3 Å². The number of nitro benzene ring substituents is 1. The van der Waals surface area contributed by atoms with Crippen LogP contribution in [0.15, 0.2) is 47.4 Å². The zero-order valence-corrected chi connectivity index (χ0v) is 19.5. The number of imidazole rings is 1. The van der Waals surface area contributed by atoms with Gasteiger partial charge in [0.15, 0.2) is 0 Å². The van der Waals surface area contributed by atoms with Crippen molar-refractivity contribution < 1.29 is 22.9 Å². The SMILES string of the molecule is CCn1c(CCC(=O)Nc2cccc([N+](=O)[O-])c2)nc2cc(S(=O)(=O)N3CCOCC3)ccc21. The second-order valence-electron chi connectivity index (χ2n) is 7.79. The molecule has 34 heavy (non-hydrogen) atoms. The van der Waals surface area contributed by atoms with Crippen LogP contribution in [-0.4, -0.2) is 59.4 Å². The minimum Gasteiger partial charge on any atom is -0.379 e. The van der Waals surface area contributed by atoms with Crippen molar-refractivity contribution in [3.8, 4) is 0 Å². The highest BCUT2D eigenvalue weighted by molar-refractivity contribution is 7.89. The molecule has 0 atom stereocenters. The van der Waals surface area contributed by atoms with Gasteiger partial charge >= 0.3 is 0 Å². The number of carbonyl (C=O) groups excluding carboxylic acids is 1. The Labute approximate surface area is 196 Å². The molecule has 12 heteroatoms. The number of hydrogen-bond donors (Lipinski definition) is 1. The number of nitro groups is 1. The molecule has 3 aromatic rings. The van der Waals surface area contributed by atoms with Crippen molar-refractivity contribution in [2.75, 3.05) is 31.6 Å². The van der Waals surface area contributed by atoms with Gasteiger partial charge in [0.05, 0.1) is 34.1 Å². The number of benzene rings is 2. The fourth-order valence-corrected chi connectivity index (χ4v) is 5.37. The predicted octanol–water partition coefficient (Wildman–Crippen LogP) is 2.56. The van der Waals surface area contributed by atoms with Crippen LogP contribution in [0.5, 0.6) is 0 Å². The number of carbonyl (C=O) groups is 1. The van der Waals surface area contributed by atoms with Crippen LogP contribution in [0.25, 0.3) is 11.0 Å². The topological polar surface area (TPSA) is 137 Å². The first-order valence-electron chi connectivity index (χ1n) is 10.9. The van der Waals surface area contributed by atoms with Gasteiger partial charge < -0.3 is 14.6 Å². The zero-order valence-electron chi connectivity index (χ0n) is 18.6. The van der Waals surface area contributed by atoms with Gasteiger partial charge in [-0.2, -0.15) is 4.31 Å². The van der Waals surface area contributed by atoms with E-state index in [1.807, 2.05) is 11.5 Å². The summed E-state index contributed by atoms with van der Waals surface area (Å²) in [5.41, 5.74) is 1.58. The number of morpholine rings is 1. The van der Waals surface area contributed by atoms with Crippen LogP contribution in [0.3, 0.4) is 0 Å². The lowest BCUT2D eigenvalue weighted by Crippen LogP contribution is -2.40. The Kier molecular flexibility index (Phi) is 6.91. The third-order valence-corrected chi connectivity index (χ3v) is 7.53. The first-order chi connectivity index (χ1) is 16.3. The molecule has 1 amide bonds. The molecule has 0 saturated carbocycles. The molecule has 1 aromatic heterocycles. The van der Waals surface area contributed by atoms with E-state index in [1.165, 1.54) is 22.5 Å². The van der Waals surface area contributed by atoms with Gasteiger partial charge in [0.1, 0.15) is 5.82 Å². The standard InChI is InChI=1S/C22H25N5O6S/c1-2-26-20-7-6-18(34(31,32)25-10-12-33-13-11-25)15-19(20)24-21(26)8-9-22(28)23-16-4-3-5-17(14-16)27(29)30/h3-7,14-15H,2,8-13H2,1H3,(H,23,28). The molecule has 1 fully saturated rings. The number of rotatable bonds is 8. The van der Waals surface area contributed by atoms with Gasteiger partial charge in [-0.1, -0.05) is 6.07 Å².